The van der Waals surface area contributed by atoms with Crippen LogP contribution in [0.25, 0.3) is 0 Å². The predicted octanol–water partition coefficient (Wildman–Crippen LogP) is 4.96. The van der Waals surface area contributed by atoms with E-state index in [1.165, 1.54) is 18.3 Å². The zero-order chi connectivity index (χ0) is 27.8. The van der Waals surface area contributed by atoms with Gasteiger partial charge in [-0.25, -0.2) is 0 Å². The molecule has 0 radical (unpaired) electrons. The molecular weight excluding hydrogens is 493 g/mol. The van der Waals surface area contributed by atoms with E-state index in [9.17, 15) is 23.2 Å². The van der Waals surface area contributed by atoms with Gasteiger partial charge < -0.3 is 10.1 Å². The van der Waals surface area contributed by atoms with Gasteiger partial charge in [0.05, 0.1) is 5.56 Å². The zero-order valence-corrected chi connectivity index (χ0v) is 23.0. The Morgan fingerprint density at radius 3 is 2.21 bits per heavy atom. The first-order chi connectivity index (χ1) is 17.9. The SMILES string of the molecule is Cc1cc[n+]([O-])c(C)c1C(=O)N1CCC(N2CCN([C@@H](C)c3ccc(C(F)(F)F)cc3)[C@@H](C(C)C)C2)CC1. The van der Waals surface area contributed by atoms with Crippen LogP contribution in [0.1, 0.15) is 72.4 Å². The van der Waals surface area contributed by atoms with Crippen molar-refractivity contribution in [3.8, 4) is 0 Å². The van der Waals surface area contributed by atoms with Crippen molar-refractivity contribution < 1.29 is 22.7 Å². The Kier molecular flexibility index (Phi) is 8.37. The third-order valence-electron chi connectivity index (χ3n) is 8.51. The van der Waals surface area contributed by atoms with E-state index in [1.807, 2.05) is 11.8 Å². The summed E-state index contributed by atoms with van der Waals surface area (Å²) in [6, 6.07) is 7.94. The number of carbonyl (C=O) groups excluding carboxylic acids is 1. The smallest absolute Gasteiger partial charge is 0.416 e. The van der Waals surface area contributed by atoms with Gasteiger partial charge in [-0.3, -0.25) is 14.6 Å². The summed E-state index contributed by atoms with van der Waals surface area (Å²) in [5, 5.41) is 12.0. The monoisotopic (exact) mass is 532 g/mol. The van der Waals surface area contributed by atoms with Crippen molar-refractivity contribution in [2.45, 2.75) is 71.8 Å². The highest BCUT2D eigenvalue weighted by Crippen LogP contribution is 2.33. The molecule has 0 N–H and O–H groups in total. The molecule has 0 unspecified atom stereocenters. The van der Waals surface area contributed by atoms with Crippen molar-refractivity contribution in [1.82, 2.24) is 14.7 Å². The summed E-state index contributed by atoms with van der Waals surface area (Å²) < 4.78 is 39.8. The van der Waals surface area contributed by atoms with Gasteiger partial charge in [0.1, 0.15) is 5.56 Å². The largest absolute Gasteiger partial charge is 0.618 e. The number of alkyl halides is 3. The van der Waals surface area contributed by atoms with Crippen LogP contribution in [0.3, 0.4) is 0 Å². The van der Waals surface area contributed by atoms with Crippen LogP contribution in [0, 0.1) is 25.0 Å². The van der Waals surface area contributed by atoms with E-state index < -0.39 is 11.7 Å². The molecule has 6 nitrogen and oxygen atoms in total. The average Bonchev–Trinajstić information content (AvgIpc) is 2.90. The van der Waals surface area contributed by atoms with E-state index in [0.717, 1.165) is 48.3 Å². The number of nitrogens with zero attached hydrogens (tertiary/aromatic N) is 4. The van der Waals surface area contributed by atoms with Crippen LogP contribution in [0.2, 0.25) is 0 Å². The van der Waals surface area contributed by atoms with Crippen molar-refractivity contribution in [2.24, 2.45) is 5.92 Å². The normalized spacial score (nSPS) is 21.2. The number of pyridine rings is 1. The second kappa shape index (κ2) is 11.2. The highest BCUT2D eigenvalue weighted by atomic mass is 19.4. The van der Waals surface area contributed by atoms with Crippen LogP contribution in [0.4, 0.5) is 13.2 Å². The van der Waals surface area contributed by atoms with Crippen molar-refractivity contribution in [2.75, 3.05) is 32.7 Å². The molecule has 38 heavy (non-hydrogen) atoms. The maximum Gasteiger partial charge on any atom is 0.416 e. The molecule has 208 valence electrons. The van der Waals surface area contributed by atoms with E-state index in [-0.39, 0.29) is 18.0 Å². The van der Waals surface area contributed by atoms with Gasteiger partial charge in [-0.15, -0.1) is 0 Å². The van der Waals surface area contributed by atoms with Gasteiger partial charge in [-0.05, 0) is 55.9 Å². The van der Waals surface area contributed by atoms with Crippen molar-refractivity contribution in [1.29, 1.82) is 0 Å². The van der Waals surface area contributed by atoms with Crippen molar-refractivity contribution in [3.63, 3.8) is 0 Å². The summed E-state index contributed by atoms with van der Waals surface area (Å²) in [5.74, 6) is 0.318. The molecule has 1 amide bonds. The van der Waals surface area contributed by atoms with E-state index >= 15 is 0 Å². The summed E-state index contributed by atoms with van der Waals surface area (Å²) in [5.41, 5.74) is 2.05. The number of hydrogen-bond donors (Lipinski definition) is 0. The van der Waals surface area contributed by atoms with Crippen LogP contribution in [-0.4, -0.2) is 65.4 Å². The average molecular weight is 533 g/mol. The molecule has 2 aliphatic rings. The van der Waals surface area contributed by atoms with Crippen molar-refractivity contribution in [3.05, 3.63) is 69.7 Å². The van der Waals surface area contributed by atoms with Gasteiger partial charge in [-0.1, -0.05) is 26.0 Å². The van der Waals surface area contributed by atoms with Gasteiger partial charge in [0.15, 0.2) is 6.20 Å². The number of aromatic nitrogens is 1. The minimum Gasteiger partial charge on any atom is -0.618 e. The Balaban J connectivity index is 1.39. The number of likely N-dealkylation sites (tertiary alicyclic amines) is 1. The van der Waals surface area contributed by atoms with Crippen molar-refractivity contribution >= 4 is 5.91 Å². The van der Waals surface area contributed by atoms with Gasteiger partial charge in [-0.2, -0.15) is 17.9 Å². The molecule has 1 aromatic carbocycles. The zero-order valence-electron chi connectivity index (χ0n) is 23.0. The molecule has 2 fully saturated rings. The molecule has 2 atom stereocenters. The lowest BCUT2D eigenvalue weighted by molar-refractivity contribution is -0.612. The Morgan fingerprint density at radius 2 is 1.63 bits per heavy atom. The summed E-state index contributed by atoms with van der Waals surface area (Å²) in [6.07, 6.45) is -1.12. The molecule has 0 bridgehead atoms. The van der Waals surface area contributed by atoms with Crippen LogP contribution >= 0.6 is 0 Å². The number of hydrogen-bond acceptors (Lipinski definition) is 4. The van der Waals surface area contributed by atoms with E-state index in [4.69, 9.17) is 0 Å². The topological polar surface area (TPSA) is 53.7 Å². The Morgan fingerprint density at radius 1 is 1.00 bits per heavy atom. The van der Waals surface area contributed by atoms with Crippen LogP contribution in [0.15, 0.2) is 36.5 Å². The van der Waals surface area contributed by atoms with E-state index in [0.29, 0.717) is 36.3 Å². The number of carbonyl (C=O) groups is 1. The first kappa shape index (κ1) is 28.4. The number of amides is 1. The quantitative estimate of drug-likeness (QED) is 0.403. The summed E-state index contributed by atoms with van der Waals surface area (Å²) in [7, 11) is 0. The maximum absolute atomic E-state index is 13.2. The second-order valence-corrected chi connectivity index (χ2v) is 11.1. The lowest BCUT2D eigenvalue weighted by atomic mass is 9.92. The third-order valence-corrected chi connectivity index (χ3v) is 8.51. The molecule has 4 rings (SSSR count). The summed E-state index contributed by atoms with van der Waals surface area (Å²) in [4.78, 5) is 20.1. The lowest BCUT2D eigenvalue weighted by Crippen LogP contribution is -2.59. The molecule has 0 aliphatic carbocycles. The van der Waals surface area contributed by atoms with Crippen LogP contribution in [-0.2, 0) is 6.18 Å². The maximum atomic E-state index is 13.2. The van der Waals surface area contributed by atoms with Gasteiger partial charge in [0.2, 0.25) is 5.69 Å². The standard InChI is InChI=1S/C29H39F3N4O2/c1-19(2)26-18-34(16-17-35(26)21(4)23-6-8-24(9-7-23)29(30,31)32)25-11-13-33(14-12-25)28(37)27-20(3)10-15-36(38)22(27)5/h6-10,15,19,21,25-26H,11-14,16-18H2,1-5H3/t21-,26+/m0/s1. The van der Waals surface area contributed by atoms with Crippen LogP contribution < -0.4 is 4.73 Å². The highest BCUT2D eigenvalue weighted by molar-refractivity contribution is 5.96. The fourth-order valence-corrected chi connectivity index (χ4v) is 6.08. The molecule has 2 aromatic rings. The Labute approximate surface area is 223 Å². The molecular formula is C29H39F3N4O2. The number of piperazine rings is 1. The molecule has 2 aliphatic heterocycles. The van der Waals surface area contributed by atoms with E-state index in [1.54, 1.807) is 25.1 Å². The number of benzene rings is 1. The predicted molar refractivity (Wildman–Crippen MR) is 141 cm³/mol. The van der Waals surface area contributed by atoms with Crippen LogP contribution in [0.5, 0.6) is 0 Å². The molecule has 2 saturated heterocycles. The molecule has 3 heterocycles. The van der Waals surface area contributed by atoms with Gasteiger partial charge >= 0.3 is 6.18 Å². The molecule has 0 spiro atoms. The minimum atomic E-state index is -4.33. The second-order valence-electron chi connectivity index (χ2n) is 11.1. The summed E-state index contributed by atoms with van der Waals surface area (Å²) >= 11 is 0. The fourth-order valence-electron chi connectivity index (χ4n) is 6.08. The number of aryl methyl sites for hydroxylation is 1. The van der Waals surface area contributed by atoms with E-state index in [2.05, 4.69) is 30.6 Å². The first-order valence-corrected chi connectivity index (χ1v) is 13.5. The molecule has 0 saturated carbocycles. The Hall–Kier alpha value is -2.65. The lowest BCUT2D eigenvalue weighted by Gasteiger charge is -2.49. The molecule has 1 aromatic heterocycles. The number of piperidine rings is 1. The Bertz CT molecular complexity index is 1130. The first-order valence-electron chi connectivity index (χ1n) is 13.5. The highest BCUT2D eigenvalue weighted by Gasteiger charge is 2.37. The minimum absolute atomic E-state index is 0.0208. The van der Waals surface area contributed by atoms with Gasteiger partial charge in [0.25, 0.3) is 5.91 Å². The molecule has 9 heteroatoms. The number of rotatable bonds is 5. The van der Waals surface area contributed by atoms with Gasteiger partial charge in [0, 0.05) is 63.8 Å². The summed E-state index contributed by atoms with van der Waals surface area (Å²) in [6.45, 7) is 14.0. The fraction of sp³-hybridized carbons (Fsp3) is 0.586. The third kappa shape index (κ3) is 5.83. The number of halogens is 3.